The number of amides is 1. The molecule has 148 valence electrons. The number of carbonyl (C=O) groups is 1. The summed E-state index contributed by atoms with van der Waals surface area (Å²) in [6.07, 6.45) is 4.10. The fraction of sp³-hybridized carbons (Fsp3) is 0.941. The van der Waals surface area contributed by atoms with Crippen LogP contribution in [-0.4, -0.2) is 67.6 Å². The molecule has 0 aliphatic carbocycles. The maximum absolute atomic E-state index is 12.3. The Balaban J connectivity index is 0.00000312. The van der Waals surface area contributed by atoms with Crippen LogP contribution in [0.4, 0.5) is 0 Å². The molecule has 0 unspecified atom stereocenters. The van der Waals surface area contributed by atoms with E-state index in [1.54, 1.807) is 20.8 Å². The lowest BCUT2D eigenvalue weighted by Gasteiger charge is -2.36. The van der Waals surface area contributed by atoms with E-state index < -0.39 is 15.3 Å². The molecular formula is C17H34ClN3O3S. The van der Waals surface area contributed by atoms with Gasteiger partial charge in [-0.25, -0.2) is 13.1 Å². The molecule has 2 aliphatic rings. The topological polar surface area (TPSA) is 69.7 Å². The highest BCUT2D eigenvalue weighted by molar-refractivity contribution is 7.90. The average molecular weight is 396 g/mol. The third-order valence-electron chi connectivity index (χ3n) is 5.49. The van der Waals surface area contributed by atoms with Crippen LogP contribution in [0.1, 0.15) is 53.4 Å². The van der Waals surface area contributed by atoms with Crippen molar-refractivity contribution in [3.8, 4) is 0 Å². The Bertz CT molecular complexity index is 533. The number of sulfonamides is 1. The van der Waals surface area contributed by atoms with Crippen LogP contribution in [0.3, 0.4) is 0 Å². The number of hydrogen-bond donors (Lipinski definition) is 1. The molecule has 2 fully saturated rings. The number of halogens is 1. The van der Waals surface area contributed by atoms with Crippen molar-refractivity contribution >= 4 is 28.3 Å². The third kappa shape index (κ3) is 5.81. The number of hydrogen-bond acceptors (Lipinski definition) is 4. The summed E-state index contributed by atoms with van der Waals surface area (Å²) in [5, 5.41) is -0.396. The van der Waals surface area contributed by atoms with Crippen LogP contribution >= 0.6 is 12.4 Å². The van der Waals surface area contributed by atoms with E-state index in [-0.39, 0.29) is 24.4 Å². The van der Waals surface area contributed by atoms with E-state index in [0.717, 1.165) is 51.9 Å². The van der Waals surface area contributed by atoms with E-state index in [1.807, 2.05) is 4.90 Å². The Hall–Kier alpha value is -0.370. The Morgan fingerprint density at radius 2 is 1.80 bits per heavy atom. The fourth-order valence-electron chi connectivity index (χ4n) is 3.89. The lowest BCUT2D eigenvalue weighted by Crippen LogP contribution is -2.47. The van der Waals surface area contributed by atoms with Crippen LogP contribution < -0.4 is 4.72 Å². The minimum atomic E-state index is -3.24. The Kier molecular flexibility index (Phi) is 8.64. The summed E-state index contributed by atoms with van der Waals surface area (Å²) < 4.78 is 27.5. The molecule has 1 amide bonds. The quantitative estimate of drug-likeness (QED) is 0.745. The molecule has 0 bridgehead atoms. The van der Waals surface area contributed by atoms with E-state index >= 15 is 0 Å². The Morgan fingerprint density at radius 3 is 2.28 bits per heavy atom. The molecule has 25 heavy (non-hydrogen) atoms. The van der Waals surface area contributed by atoms with E-state index in [4.69, 9.17) is 0 Å². The molecule has 8 heteroatoms. The smallest absolute Gasteiger partial charge is 0.219 e. The second-order valence-corrected chi connectivity index (χ2v) is 9.83. The number of nitrogens with zero attached hydrogens (tertiary/aromatic N) is 2. The number of piperidine rings is 1. The van der Waals surface area contributed by atoms with E-state index in [1.165, 1.54) is 0 Å². The summed E-state index contributed by atoms with van der Waals surface area (Å²) in [6, 6.07) is 0.483. The van der Waals surface area contributed by atoms with Gasteiger partial charge in [0.15, 0.2) is 0 Å². The molecule has 1 N–H and O–H groups in total. The van der Waals surface area contributed by atoms with E-state index in [2.05, 4.69) is 16.5 Å². The number of nitrogens with one attached hydrogen (secondary N) is 1. The number of likely N-dealkylation sites (tertiary alicyclic amines) is 2. The molecule has 2 atom stereocenters. The first-order valence-corrected chi connectivity index (χ1v) is 10.8. The lowest BCUT2D eigenvalue weighted by atomic mass is 9.99. The normalized spacial score (nSPS) is 26.0. The predicted octanol–water partition coefficient (Wildman–Crippen LogP) is 1.85. The maximum Gasteiger partial charge on any atom is 0.219 e. The lowest BCUT2D eigenvalue weighted by molar-refractivity contribution is -0.130. The highest BCUT2D eigenvalue weighted by Gasteiger charge is 2.39. The molecular weight excluding hydrogens is 362 g/mol. The minimum Gasteiger partial charge on any atom is -0.343 e. The van der Waals surface area contributed by atoms with Crippen molar-refractivity contribution in [2.75, 3.05) is 26.2 Å². The van der Waals surface area contributed by atoms with Crippen molar-refractivity contribution in [1.82, 2.24) is 14.5 Å². The SMILES string of the molecule is CCC[C@H]1CN(C2CCN(C(C)=O)CC2)C[C@@H]1NS(=O)(=O)C(C)C.Cl. The van der Waals surface area contributed by atoms with Crippen molar-refractivity contribution in [2.24, 2.45) is 5.92 Å². The zero-order valence-corrected chi connectivity index (χ0v) is 17.5. The van der Waals surface area contributed by atoms with Gasteiger partial charge < -0.3 is 4.90 Å². The summed E-state index contributed by atoms with van der Waals surface area (Å²) in [6.45, 7) is 10.6. The summed E-state index contributed by atoms with van der Waals surface area (Å²) in [7, 11) is -3.24. The summed E-state index contributed by atoms with van der Waals surface area (Å²) in [5.41, 5.74) is 0. The number of rotatable bonds is 6. The summed E-state index contributed by atoms with van der Waals surface area (Å²) in [5.74, 6) is 0.538. The first-order chi connectivity index (χ1) is 11.2. The standard InChI is InChI=1S/C17H33N3O3S.ClH/c1-5-6-15-11-20(12-17(15)18-24(22,23)13(2)3)16-7-9-19(10-8-16)14(4)21;/h13,15-18H,5-12H2,1-4H3;1H/t15-,17-;/m0./s1. The van der Waals surface area contributed by atoms with Crippen molar-refractivity contribution in [3.05, 3.63) is 0 Å². The number of carbonyl (C=O) groups excluding carboxylic acids is 1. The molecule has 0 aromatic carbocycles. The van der Waals surface area contributed by atoms with Gasteiger partial charge in [-0.3, -0.25) is 9.69 Å². The van der Waals surface area contributed by atoms with Crippen molar-refractivity contribution in [2.45, 2.75) is 70.7 Å². The van der Waals surface area contributed by atoms with Crippen molar-refractivity contribution in [3.63, 3.8) is 0 Å². The van der Waals surface area contributed by atoms with Gasteiger partial charge in [-0.1, -0.05) is 13.3 Å². The zero-order chi connectivity index (χ0) is 17.9. The maximum atomic E-state index is 12.3. The second kappa shape index (κ2) is 9.53. The second-order valence-electron chi connectivity index (χ2n) is 7.56. The van der Waals surface area contributed by atoms with Crippen LogP contribution in [0, 0.1) is 5.92 Å². The van der Waals surface area contributed by atoms with Gasteiger partial charge in [0.05, 0.1) is 5.25 Å². The van der Waals surface area contributed by atoms with Crippen molar-refractivity contribution in [1.29, 1.82) is 0 Å². The van der Waals surface area contributed by atoms with Gasteiger partial charge in [-0.05, 0) is 39.0 Å². The van der Waals surface area contributed by atoms with Crippen LogP contribution in [0.15, 0.2) is 0 Å². The molecule has 2 rings (SSSR count). The first kappa shape index (κ1) is 22.7. The molecule has 0 aromatic rings. The summed E-state index contributed by atoms with van der Waals surface area (Å²) in [4.78, 5) is 15.8. The molecule has 0 radical (unpaired) electrons. The molecule has 2 heterocycles. The van der Waals surface area contributed by atoms with Gasteiger partial charge >= 0.3 is 0 Å². The minimum absolute atomic E-state index is 0. The highest BCUT2D eigenvalue weighted by atomic mass is 35.5. The Morgan fingerprint density at radius 1 is 1.20 bits per heavy atom. The van der Waals surface area contributed by atoms with Crippen LogP contribution in [-0.2, 0) is 14.8 Å². The largest absolute Gasteiger partial charge is 0.343 e. The predicted molar refractivity (Wildman–Crippen MR) is 103 cm³/mol. The monoisotopic (exact) mass is 395 g/mol. The first-order valence-electron chi connectivity index (χ1n) is 9.25. The van der Waals surface area contributed by atoms with Crippen LogP contribution in [0.25, 0.3) is 0 Å². The van der Waals surface area contributed by atoms with Gasteiger partial charge in [-0.2, -0.15) is 0 Å². The van der Waals surface area contributed by atoms with Gasteiger partial charge in [0.1, 0.15) is 0 Å². The van der Waals surface area contributed by atoms with E-state index in [0.29, 0.717) is 12.0 Å². The van der Waals surface area contributed by atoms with Gasteiger partial charge in [0, 0.05) is 45.2 Å². The zero-order valence-electron chi connectivity index (χ0n) is 15.9. The van der Waals surface area contributed by atoms with Crippen molar-refractivity contribution < 1.29 is 13.2 Å². The summed E-state index contributed by atoms with van der Waals surface area (Å²) >= 11 is 0. The van der Waals surface area contributed by atoms with Gasteiger partial charge in [0.25, 0.3) is 0 Å². The van der Waals surface area contributed by atoms with Crippen LogP contribution in [0.2, 0.25) is 0 Å². The Labute approximate surface area is 159 Å². The average Bonchev–Trinajstić information content (AvgIpc) is 2.90. The molecule has 2 saturated heterocycles. The highest BCUT2D eigenvalue weighted by Crippen LogP contribution is 2.28. The molecule has 6 nitrogen and oxygen atoms in total. The molecule has 0 aromatic heterocycles. The molecule has 2 aliphatic heterocycles. The van der Waals surface area contributed by atoms with Crippen LogP contribution in [0.5, 0.6) is 0 Å². The third-order valence-corrected chi connectivity index (χ3v) is 7.36. The van der Waals surface area contributed by atoms with E-state index in [9.17, 15) is 13.2 Å². The molecule has 0 spiro atoms. The van der Waals surface area contributed by atoms with Gasteiger partial charge in [0.2, 0.25) is 15.9 Å². The molecule has 0 saturated carbocycles. The fourth-order valence-corrected chi connectivity index (χ4v) is 4.85. The van der Waals surface area contributed by atoms with Gasteiger partial charge in [-0.15, -0.1) is 12.4 Å².